The lowest BCUT2D eigenvalue weighted by Crippen LogP contribution is -2.42. The number of hydrogen-bond acceptors (Lipinski definition) is 4. The van der Waals surface area contributed by atoms with Crippen molar-refractivity contribution in [3.8, 4) is 11.3 Å². The molecule has 0 fully saturated rings. The number of nitrogens with zero attached hydrogens (tertiary/aromatic N) is 1. The number of furan rings is 1. The molecular formula is C20H19N3O3. The van der Waals surface area contributed by atoms with E-state index in [2.05, 4.69) is 15.8 Å². The smallest absolute Gasteiger partial charge is 0.273 e. The van der Waals surface area contributed by atoms with Gasteiger partial charge in [0.2, 0.25) is 0 Å². The number of carbonyl (C=O) groups is 2. The predicted molar refractivity (Wildman–Crippen MR) is 97.5 cm³/mol. The highest BCUT2D eigenvalue weighted by Gasteiger charge is 2.16. The summed E-state index contributed by atoms with van der Waals surface area (Å²) in [4.78, 5) is 29.0. The van der Waals surface area contributed by atoms with Gasteiger partial charge in [0.25, 0.3) is 11.8 Å². The monoisotopic (exact) mass is 349 g/mol. The molecule has 0 saturated heterocycles. The molecule has 0 spiro atoms. The maximum Gasteiger partial charge on any atom is 0.273 e. The van der Waals surface area contributed by atoms with Crippen LogP contribution in [0.1, 0.15) is 37.9 Å². The van der Waals surface area contributed by atoms with E-state index in [0.29, 0.717) is 28.3 Å². The van der Waals surface area contributed by atoms with E-state index in [1.165, 1.54) is 0 Å². The molecule has 0 saturated carbocycles. The minimum Gasteiger partial charge on any atom is -0.466 e. The Morgan fingerprint density at radius 3 is 2.12 bits per heavy atom. The number of benzene rings is 1. The summed E-state index contributed by atoms with van der Waals surface area (Å²) in [5, 5.41) is 0. The Labute approximate surface area is 151 Å². The molecule has 6 heteroatoms. The number of amides is 2. The van der Waals surface area contributed by atoms with E-state index >= 15 is 0 Å². The van der Waals surface area contributed by atoms with Crippen molar-refractivity contribution in [3.63, 3.8) is 0 Å². The van der Waals surface area contributed by atoms with Crippen LogP contribution in [0.3, 0.4) is 0 Å². The second-order valence-electron chi connectivity index (χ2n) is 5.93. The largest absolute Gasteiger partial charge is 0.466 e. The number of pyridine rings is 1. The molecule has 2 amide bonds. The maximum atomic E-state index is 12.3. The molecule has 2 N–H and O–H groups in total. The van der Waals surface area contributed by atoms with Crippen LogP contribution in [0.15, 0.2) is 52.9 Å². The Bertz CT molecular complexity index is 962. The first-order valence-electron chi connectivity index (χ1n) is 8.16. The average molecular weight is 349 g/mol. The van der Waals surface area contributed by atoms with E-state index in [0.717, 1.165) is 11.3 Å². The van der Waals surface area contributed by atoms with Crippen LogP contribution in [0, 0.1) is 20.8 Å². The highest BCUT2D eigenvalue weighted by molar-refractivity contribution is 6.00. The molecule has 3 aromatic rings. The molecule has 0 aliphatic carbocycles. The van der Waals surface area contributed by atoms with Gasteiger partial charge in [-0.25, -0.2) is 0 Å². The van der Waals surface area contributed by atoms with Crippen molar-refractivity contribution < 1.29 is 14.0 Å². The molecule has 0 aliphatic heterocycles. The molecule has 132 valence electrons. The second-order valence-corrected chi connectivity index (χ2v) is 5.93. The Kier molecular flexibility index (Phi) is 4.84. The van der Waals surface area contributed by atoms with E-state index in [1.807, 2.05) is 30.3 Å². The SMILES string of the molecule is Cc1cc(C(=O)NNC(=O)c2ccc(-c3ccccc3)nc2C)c(C)o1. The summed E-state index contributed by atoms with van der Waals surface area (Å²) in [6.07, 6.45) is 0. The minimum absolute atomic E-state index is 0.386. The first kappa shape index (κ1) is 17.4. The van der Waals surface area contributed by atoms with Gasteiger partial charge in [-0.05, 0) is 39.0 Å². The maximum absolute atomic E-state index is 12.3. The molecule has 0 bridgehead atoms. The van der Waals surface area contributed by atoms with Gasteiger partial charge in [0.1, 0.15) is 11.5 Å². The second kappa shape index (κ2) is 7.23. The number of hydrogen-bond donors (Lipinski definition) is 2. The lowest BCUT2D eigenvalue weighted by molar-refractivity contribution is 0.0845. The molecule has 0 aliphatic rings. The fourth-order valence-corrected chi connectivity index (χ4v) is 2.68. The fraction of sp³-hybridized carbons (Fsp3) is 0.150. The molecule has 3 rings (SSSR count). The number of hydrazine groups is 1. The standard InChI is InChI=1S/C20H19N3O3/c1-12-11-17(14(3)26-12)20(25)23-22-19(24)16-9-10-18(21-13(16)2)15-7-5-4-6-8-15/h4-11H,1-3H3,(H,22,24)(H,23,25). The minimum atomic E-state index is -0.431. The summed E-state index contributed by atoms with van der Waals surface area (Å²) in [7, 11) is 0. The van der Waals surface area contributed by atoms with Crippen LogP contribution >= 0.6 is 0 Å². The Balaban J connectivity index is 1.70. The van der Waals surface area contributed by atoms with E-state index in [-0.39, 0.29) is 0 Å². The van der Waals surface area contributed by atoms with Crippen LogP contribution in [0.4, 0.5) is 0 Å². The number of aryl methyl sites for hydroxylation is 3. The van der Waals surface area contributed by atoms with Gasteiger partial charge in [-0.2, -0.15) is 0 Å². The van der Waals surface area contributed by atoms with Crippen LogP contribution in [0.2, 0.25) is 0 Å². The zero-order valence-electron chi connectivity index (χ0n) is 14.8. The molecule has 0 unspecified atom stereocenters. The quantitative estimate of drug-likeness (QED) is 0.710. The third-order valence-corrected chi connectivity index (χ3v) is 3.98. The highest BCUT2D eigenvalue weighted by Crippen LogP contribution is 2.18. The topological polar surface area (TPSA) is 84.2 Å². The van der Waals surface area contributed by atoms with Crippen molar-refractivity contribution in [1.29, 1.82) is 0 Å². The van der Waals surface area contributed by atoms with Gasteiger partial charge in [-0.1, -0.05) is 30.3 Å². The van der Waals surface area contributed by atoms with E-state index < -0.39 is 11.8 Å². The van der Waals surface area contributed by atoms with Gasteiger partial charge in [0.05, 0.1) is 22.5 Å². The van der Waals surface area contributed by atoms with Gasteiger partial charge in [-0.3, -0.25) is 25.4 Å². The van der Waals surface area contributed by atoms with Crippen LogP contribution in [0.5, 0.6) is 0 Å². The van der Waals surface area contributed by atoms with Crippen LogP contribution in [-0.2, 0) is 0 Å². The molecule has 26 heavy (non-hydrogen) atoms. The van der Waals surface area contributed by atoms with Gasteiger partial charge >= 0.3 is 0 Å². The van der Waals surface area contributed by atoms with Gasteiger partial charge in [0, 0.05) is 5.56 Å². The third kappa shape index (κ3) is 3.64. The normalized spacial score (nSPS) is 10.4. The summed E-state index contributed by atoms with van der Waals surface area (Å²) in [6.45, 7) is 5.21. The van der Waals surface area contributed by atoms with E-state index in [1.54, 1.807) is 39.0 Å². The summed E-state index contributed by atoms with van der Waals surface area (Å²) < 4.78 is 5.32. The summed E-state index contributed by atoms with van der Waals surface area (Å²) in [5.41, 5.74) is 7.93. The first-order chi connectivity index (χ1) is 12.5. The summed E-state index contributed by atoms with van der Waals surface area (Å²) >= 11 is 0. The van der Waals surface area contributed by atoms with Gasteiger partial charge in [-0.15, -0.1) is 0 Å². The van der Waals surface area contributed by atoms with Crippen molar-refractivity contribution in [3.05, 3.63) is 76.9 Å². The highest BCUT2D eigenvalue weighted by atomic mass is 16.3. The first-order valence-corrected chi connectivity index (χ1v) is 8.16. The van der Waals surface area contributed by atoms with Crippen LogP contribution < -0.4 is 10.9 Å². The number of rotatable bonds is 3. The van der Waals surface area contributed by atoms with E-state index in [9.17, 15) is 9.59 Å². The predicted octanol–water partition coefficient (Wildman–Crippen LogP) is 3.34. The van der Waals surface area contributed by atoms with Crippen molar-refractivity contribution in [2.45, 2.75) is 20.8 Å². The van der Waals surface area contributed by atoms with Gasteiger partial charge < -0.3 is 4.42 Å². The molecule has 0 radical (unpaired) electrons. The fourth-order valence-electron chi connectivity index (χ4n) is 2.68. The van der Waals surface area contributed by atoms with E-state index in [4.69, 9.17) is 4.42 Å². The molecule has 1 aromatic carbocycles. The van der Waals surface area contributed by atoms with Crippen molar-refractivity contribution in [2.75, 3.05) is 0 Å². The third-order valence-electron chi connectivity index (χ3n) is 3.98. The number of carbonyl (C=O) groups excluding carboxylic acids is 2. The zero-order valence-corrected chi connectivity index (χ0v) is 14.8. The molecule has 6 nitrogen and oxygen atoms in total. The van der Waals surface area contributed by atoms with Crippen molar-refractivity contribution in [2.24, 2.45) is 0 Å². The lowest BCUT2D eigenvalue weighted by atomic mass is 10.1. The number of aromatic nitrogens is 1. The number of nitrogens with one attached hydrogen (secondary N) is 2. The van der Waals surface area contributed by atoms with Crippen molar-refractivity contribution in [1.82, 2.24) is 15.8 Å². The molecule has 2 heterocycles. The Morgan fingerprint density at radius 2 is 1.54 bits per heavy atom. The lowest BCUT2D eigenvalue weighted by Gasteiger charge is -2.10. The molecule has 2 aromatic heterocycles. The average Bonchev–Trinajstić information content (AvgIpc) is 2.98. The molecule has 0 atom stereocenters. The summed E-state index contributed by atoms with van der Waals surface area (Å²) in [6, 6.07) is 14.8. The van der Waals surface area contributed by atoms with Crippen molar-refractivity contribution >= 4 is 11.8 Å². The zero-order chi connectivity index (χ0) is 18.7. The Hall–Kier alpha value is -3.41. The summed E-state index contributed by atoms with van der Waals surface area (Å²) in [5.74, 6) is 0.273. The Morgan fingerprint density at radius 1 is 0.885 bits per heavy atom. The molecular weight excluding hydrogens is 330 g/mol. The van der Waals surface area contributed by atoms with Gasteiger partial charge in [0.15, 0.2) is 0 Å². The van der Waals surface area contributed by atoms with Crippen LogP contribution in [0.25, 0.3) is 11.3 Å². The van der Waals surface area contributed by atoms with Crippen LogP contribution in [-0.4, -0.2) is 16.8 Å².